The zero-order chi connectivity index (χ0) is 33.6. The third-order valence-electron chi connectivity index (χ3n) is 7.29. The van der Waals surface area contributed by atoms with Gasteiger partial charge in [-0.1, -0.05) is 97.9 Å². The molecule has 1 amide bonds. The number of nitrogens with one attached hydrogen (secondary N) is 1. The molecule has 10 nitrogen and oxygen atoms in total. The second-order valence-electron chi connectivity index (χ2n) is 11.5. The van der Waals surface area contributed by atoms with Gasteiger partial charge in [-0.05, 0) is 36.7 Å². The molecule has 0 saturated heterocycles. The van der Waals surface area contributed by atoms with Crippen LogP contribution in [-0.4, -0.2) is 80.6 Å². The fraction of sp³-hybridized carbons (Fsp3) is 0.688. The summed E-state index contributed by atoms with van der Waals surface area (Å²) >= 11 is 0. The molecule has 1 aliphatic rings. The maximum absolute atomic E-state index is 11.9. The smallest absolute Gasteiger partial charge is 0.407 e. The van der Waals surface area contributed by atoms with Gasteiger partial charge in [-0.2, -0.15) is 0 Å². The molecule has 0 spiro atoms. The Morgan fingerprint density at radius 2 is 1.51 bits per heavy atom. The first-order chi connectivity index (χ1) is 21.4. The van der Waals surface area contributed by atoms with Gasteiger partial charge in [0, 0.05) is 30.2 Å². The molecule has 0 aromatic heterocycles. The zero-order valence-corrected chi connectivity index (χ0v) is 29.4. The molecule has 256 valence electrons. The number of rotatable bonds is 20. The Balaban J connectivity index is 0.000000609. The van der Waals surface area contributed by atoms with Gasteiger partial charge in [0.25, 0.3) is 0 Å². The largest absolute Gasteiger partial charge is 0.481 e. The predicted octanol–water partition coefficient (Wildman–Crippen LogP) is 6.12. The molecule has 1 fully saturated rings. The van der Waals surface area contributed by atoms with Crippen molar-refractivity contribution in [2.75, 3.05) is 43.3 Å². The van der Waals surface area contributed by atoms with E-state index in [1.165, 1.54) is 0 Å². The molecule has 0 unspecified atom stereocenters. The first-order valence-corrected chi connectivity index (χ1v) is 20.2. The number of benzene rings is 1. The van der Waals surface area contributed by atoms with Crippen molar-refractivity contribution in [1.82, 2.24) is 5.32 Å². The van der Waals surface area contributed by atoms with Crippen LogP contribution in [0.3, 0.4) is 0 Å². The maximum atomic E-state index is 11.9. The number of carboxylic acids is 1. The average molecular weight is 690 g/mol. The summed E-state index contributed by atoms with van der Waals surface area (Å²) in [6, 6.07) is 9.47. The van der Waals surface area contributed by atoms with Crippen LogP contribution in [0, 0.1) is 11.3 Å². The van der Waals surface area contributed by atoms with Crippen LogP contribution < -0.4 is 5.32 Å². The van der Waals surface area contributed by atoms with Gasteiger partial charge in [0.1, 0.15) is 19.0 Å². The lowest BCUT2D eigenvalue weighted by molar-refractivity contribution is -0.142. The average Bonchev–Trinajstić information content (AvgIpc) is 2.97. The third kappa shape index (κ3) is 20.5. The number of sulfone groups is 1. The second-order valence-corrected chi connectivity index (χ2v) is 16.3. The summed E-state index contributed by atoms with van der Waals surface area (Å²) in [6.07, 6.45) is 9.20. The number of carboxylic acid groups (broad SMARTS) is 1. The molecule has 0 atom stereocenters. The van der Waals surface area contributed by atoms with Crippen LogP contribution in [0.4, 0.5) is 4.79 Å². The summed E-state index contributed by atoms with van der Waals surface area (Å²) in [6.45, 7) is 4.97. The van der Waals surface area contributed by atoms with E-state index in [9.17, 15) is 32.7 Å². The molecule has 0 bridgehead atoms. The van der Waals surface area contributed by atoms with Crippen LogP contribution in [0.5, 0.6) is 0 Å². The number of esters is 1. The summed E-state index contributed by atoms with van der Waals surface area (Å²) in [7, 11) is -0.0492. The lowest BCUT2D eigenvalue weighted by Gasteiger charge is -2.36. The Kier molecular flexibility index (Phi) is 21.0. The van der Waals surface area contributed by atoms with Gasteiger partial charge in [-0.15, -0.1) is 0 Å². The van der Waals surface area contributed by atoms with Crippen molar-refractivity contribution >= 4 is 55.2 Å². The Morgan fingerprint density at radius 1 is 0.933 bits per heavy atom. The number of aliphatic carboxylic acids is 1. The fourth-order valence-electron chi connectivity index (χ4n) is 5.18. The molecule has 2 N–H and O–H groups in total. The molecule has 1 aliphatic carbocycles. The molecular weight excluding hydrogens is 639 g/mol. The minimum absolute atomic E-state index is 0.0558. The van der Waals surface area contributed by atoms with E-state index in [1.807, 2.05) is 44.2 Å². The first-order valence-electron chi connectivity index (χ1n) is 15.7. The number of ketones is 1. The van der Waals surface area contributed by atoms with Crippen molar-refractivity contribution in [3.8, 4) is 0 Å². The Morgan fingerprint density at radius 3 is 2.04 bits per heavy atom. The maximum Gasteiger partial charge on any atom is 0.407 e. The van der Waals surface area contributed by atoms with Gasteiger partial charge >= 0.3 is 18.0 Å². The summed E-state index contributed by atoms with van der Waals surface area (Å²) in [5.74, 6) is -0.245. The van der Waals surface area contributed by atoms with E-state index in [0.29, 0.717) is 24.7 Å². The number of ether oxygens (including phenoxy) is 2. The topological polar surface area (TPSA) is 153 Å². The fourth-order valence-corrected chi connectivity index (χ4v) is 7.58. The Labute approximate surface area is 276 Å². The minimum Gasteiger partial charge on any atom is -0.481 e. The molecule has 1 saturated carbocycles. The minimum atomic E-state index is -3.15. The summed E-state index contributed by atoms with van der Waals surface area (Å²) in [5.41, 5.74) is 0.577. The van der Waals surface area contributed by atoms with Gasteiger partial charge < -0.3 is 19.9 Å². The molecule has 13 heteroatoms. The molecule has 0 heterocycles. The van der Waals surface area contributed by atoms with Crippen LogP contribution in [0.15, 0.2) is 30.3 Å². The summed E-state index contributed by atoms with van der Waals surface area (Å²) in [4.78, 5) is 46.4. The SMILES string of the molecule is CCCC(CCC)C(=O)CS(C)(=O)=O.O=C(O)CC1(CNC(=O)OCCSSCCOC(=O)Cc2ccccc2)CCCCC1. The highest BCUT2D eigenvalue weighted by atomic mass is 33.1. The normalized spacial score (nSPS) is 14.1. The van der Waals surface area contributed by atoms with Gasteiger partial charge in [0.15, 0.2) is 15.6 Å². The van der Waals surface area contributed by atoms with Gasteiger partial charge in [0.2, 0.25) is 0 Å². The number of amides is 1. The Bertz CT molecular complexity index is 1120. The molecule has 2 rings (SSSR count). The van der Waals surface area contributed by atoms with Crippen molar-refractivity contribution in [3.05, 3.63) is 35.9 Å². The van der Waals surface area contributed by atoms with E-state index in [2.05, 4.69) is 5.32 Å². The van der Waals surface area contributed by atoms with Crippen molar-refractivity contribution in [3.63, 3.8) is 0 Å². The number of carbonyl (C=O) groups excluding carboxylic acids is 3. The number of alkyl carbamates (subject to hydrolysis) is 1. The number of carbonyl (C=O) groups is 4. The molecule has 45 heavy (non-hydrogen) atoms. The zero-order valence-electron chi connectivity index (χ0n) is 26.9. The van der Waals surface area contributed by atoms with Crippen molar-refractivity contribution in [2.45, 2.75) is 84.5 Å². The number of hydrogen-bond acceptors (Lipinski definition) is 10. The molecule has 0 radical (unpaired) electrons. The van der Waals surface area contributed by atoms with Crippen LogP contribution >= 0.6 is 21.6 Å². The molecule has 1 aromatic rings. The number of Topliss-reactive ketones (excluding diaryl/α,β-unsaturated/α-hetero) is 1. The van der Waals surface area contributed by atoms with Crippen LogP contribution in [0.25, 0.3) is 0 Å². The van der Waals surface area contributed by atoms with Gasteiger partial charge in [-0.3, -0.25) is 14.4 Å². The van der Waals surface area contributed by atoms with Crippen LogP contribution in [0.1, 0.15) is 83.6 Å². The highest BCUT2D eigenvalue weighted by Gasteiger charge is 2.34. The Hall–Kier alpha value is -2.25. The van der Waals surface area contributed by atoms with Gasteiger partial charge in [0.05, 0.1) is 12.8 Å². The van der Waals surface area contributed by atoms with Crippen molar-refractivity contribution in [1.29, 1.82) is 0 Å². The molecule has 1 aromatic carbocycles. The van der Waals surface area contributed by atoms with E-state index in [0.717, 1.165) is 69.6 Å². The van der Waals surface area contributed by atoms with Crippen LogP contribution in [0.2, 0.25) is 0 Å². The van der Waals surface area contributed by atoms with Crippen molar-refractivity contribution < 1.29 is 42.2 Å². The van der Waals surface area contributed by atoms with Crippen molar-refractivity contribution in [2.24, 2.45) is 11.3 Å². The first kappa shape index (κ1) is 40.8. The number of hydrogen-bond donors (Lipinski definition) is 2. The quantitative estimate of drug-likeness (QED) is 0.0925. The third-order valence-corrected chi connectivity index (χ3v) is 10.4. The molecule has 0 aliphatic heterocycles. The van der Waals surface area contributed by atoms with E-state index in [1.54, 1.807) is 21.6 Å². The lowest BCUT2D eigenvalue weighted by atomic mass is 9.72. The molecular formula is C32H51NO9S3. The monoisotopic (exact) mass is 689 g/mol. The van der Waals surface area contributed by atoms with E-state index >= 15 is 0 Å². The standard InChI is InChI=1S/C22H31NO6S2.C10H20O3S/c24-19(25)16-22(9-5-2-6-10-22)17-23-21(27)29-12-14-31-30-13-11-28-20(26)15-18-7-3-1-4-8-18;1-4-6-9(7-5-2)10(11)8-14(3,12)13/h1,3-4,7-8H,2,5-6,9-17H2,(H,23,27)(H,24,25);9H,4-8H2,1-3H3. The van der Waals surface area contributed by atoms with E-state index in [-0.39, 0.29) is 48.3 Å². The van der Waals surface area contributed by atoms with Gasteiger partial charge in [-0.25, -0.2) is 13.2 Å². The van der Waals surface area contributed by atoms with E-state index < -0.39 is 21.9 Å². The second kappa shape index (κ2) is 23.1. The highest BCUT2D eigenvalue weighted by Crippen LogP contribution is 2.38. The summed E-state index contributed by atoms with van der Waals surface area (Å²) in [5, 5.41) is 11.9. The highest BCUT2D eigenvalue weighted by molar-refractivity contribution is 8.76. The van der Waals surface area contributed by atoms with Crippen LogP contribution in [-0.2, 0) is 40.1 Å². The lowest BCUT2D eigenvalue weighted by Crippen LogP contribution is -2.40. The summed E-state index contributed by atoms with van der Waals surface area (Å²) < 4.78 is 32.3. The van der Waals surface area contributed by atoms with E-state index in [4.69, 9.17) is 9.47 Å². The predicted molar refractivity (Wildman–Crippen MR) is 181 cm³/mol.